The van der Waals surface area contributed by atoms with Gasteiger partial charge in [-0.15, -0.1) is 0 Å². The van der Waals surface area contributed by atoms with Gasteiger partial charge in [0.1, 0.15) is 0 Å². The van der Waals surface area contributed by atoms with Crippen molar-refractivity contribution < 1.29 is 14.6 Å². The van der Waals surface area contributed by atoms with Gasteiger partial charge in [0.05, 0.1) is 12.2 Å². The summed E-state index contributed by atoms with van der Waals surface area (Å²) in [5.74, 6) is 0. The molecule has 98 valence electrons. The van der Waals surface area contributed by atoms with Crippen LogP contribution in [-0.2, 0) is 9.47 Å². The minimum absolute atomic E-state index is 0.265. The zero-order valence-electron chi connectivity index (χ0n) is 10.7. The summed E-state index contributed by atoms with van der Waals surface area (Å²) in [5.41, 5.74) is 4.67. The highest BCUT2D eigenvalue weighted by atomic mass is 16.5. The molecule has 0 aromatic carbocycles. The van der Waals surface area contributed by atoms with Gasteiger partial charge in [-0.05, 0) is 13.3 Å². The van der Waals surface area contributed by atoms with E-state index in [9.17, 15) is 5.11 Å². The van der Waals surface area contributed by atoms with E-state index < -0.39 is 5.60 Å². The second-order valence-corrected chi connectivity index (χ2v) is 4.32. The van der Waals surface area contributed by atoms with Gasteiger partial charge in [-0.25, -0.2) is 0 Å². The van der Waals surface area contributed by atoms with Gasteiger partial charge in [0, 0.05) is 47.0 Å². The van der Waals surface area contributed by atoms with E-state index in [0.29, 0.717) is 13.2 Å². The summed E-state index contributed by atoms with van der Waals surface area (Å²) >= 11 is 0. The van der Waals surface area contributed by atoms with Crippen molar-refractivity contribution >= 4 is 0 Å². The highest BCUT2D eigenvalue weighted by molar-refractivity contribution is 4.78. The molecule has 0 fully saturated rings. The molecule has 0 bridgehead atoms. The Bertz CT molecular complexity index is 165. The van der Waals surface area contributed by atoms with Crippen molar-refractivity contribution in [3.8, 4) is 0 Å². The molecule has 0 aromatic heterocycles. The fourth-order valence-corrected chi connectivity index (χ4v) is 1.47. The number of aliphatic hydroxyl groups is 1. The van der Waals surface area contributed by atoms with Gasteiger partial charge in [-0.2, -0.15) is 0 Å². The first-order valence-corrected chi connectivity index (χ1v) is 5.68. The van der Waals surface area contributed by atoms with Crippen LogP contribution in [0.5, 0.6) is 0 Å². The summed E-state index contributed by atoms with van der Waals surface area (Å²) in [7, 11) is 3.37. The van der Waals surface area contributed by atoms with Crippen molar-refractivity contribution in [2.45, 2.75) is 18.9 Å². The van der Waals surface area contributed by atoms with E-state index in [1.54, 1.807) is 21.1 Å². The van der Waals surface area contributed by atoms with Crippen LogP contribution in [-0.4, -0.2) is 69.2 Å². The largest absolute Gasteiger partial charge is 0.388 e. The molecule has 1 unspecified atom stereocenters. The van der Waals surface area contributed by atoms with E-state index in [1.807, 2.05) is 0 Å². The smallest absolute Gasteiger partial charge is 0.0867 e. The number of hydrogen-bond donors (Lipinski definition) is 2. The Labute approximate surface area is 98.5 Å². The Morgan fingerprint density at radius 1 is 1.19 bits per heavy atom. The van der Waals surface area contributed by atoms with Crippen molar-refractivity contribution in [3.05, 3.63) is 0 Å². The lowest BCUT2D eigenvalue weighted by Crippen LogP contribution is -2.47. The van der Waals surface area contributed by atoms with Crippen LogP contribution in [0.1, 0.15) is 13.3 Å². The van der Waals surface area contributed by atoms with Crippen LogP contribution in [0.15, 0.2) is 0 Å². The Hall–Kier alpha value is -0.200. The Kier molecular flexibility index (Phi) is 8.78. The zero-order chi connectivity index (χ0) is 12.4. The van der Waals surface area contributed by atoms with Crippen LogP contribution < -0.4 is 5.73 Å². The van der Waals surface area contributed by atoms with Gasteiger partial charge < -0.3 is 20.3 Å². The molecule has 0 aromatic rings. The van der Waals surface area contributed by atoms with Crippen molar-refractivity contribution in [1.82, 2.24) is 4.90 Å². The van der Waals surface area contributed by atoms with Crippen molar-refractivity contribution in [2.75, 3.05) is 53.6 Å². The highest BCUT2D eigenvalue weighted by Crippen LogP contribution is 2.05. The van der Waals surface area contributed by atoms with E-state index in [0.717, 1.165) is 26.1 Å². The van der Waals surface area contributed by atoms with Crippen LogP contribution in [0.3, 0.4) is 0 Å². The minimum Gasteiger partial charge on any atom is -0.388 e. The Morgan fingerprint density at radius 2 is 1.81 bits per heavy atom. The van der Waals surface area contributed by atoms with E-state index in [2.05, 4.69) is 4.90 Å². The van der Waals surface area contributed by atoms with Gasteiger partial charge in [0.15, 0.2) is 0 Å². The van der Waals surface area contributed by atoms with E-state index in [-0.39, 0.29) is 6.54 Å². The zero-order valence-corrected chi connectivity index (χ0v) is 10.7. The number of nitrogens with zero attached hydrogens (tertiary/aromatic N) is 1. The summed E-state index contributed by atoms with van der Waals surface area (Å²) in [6.07, 6.45) is 0.945. The summed E-state index contributed by atoms with van der Waals surface area (Å²) < 4.78 is 10.0. The number of nitrogens with two attached hydrogens (primary N) is 1. The van der Waals surface area contributed by atoms with Crippen LogP contribution in [0.4, 0.5) is 0 Å². The topological polar surface area (TPSA) is 68.0 Å². The van der Waals surface area contributed by atoms with Gasteiger partial charge in [-0.1, -0.05) is 0 Å². The predicted molar refractivity (Wildman–Crippen MR) is 64.5 cm³/mol. The van der Waals surface area contributed by atoms with Gasteiger partial charge >= 0.3 is 0 Å². The van der Waals surface area contributed by atoms with Crippen LogP contribution in [0.2, 0.25) is 0 Å². The predicted octanol–water partition coefficient (Wildman–Crippen LogP) is -0.319. The molecule has 16 heavy (non-hydrogen) atoms. The van der Waals surface area contributed by atoms with Gasteiger partial charge in [-0.3, -0.25) is 4.90 Å². The number of rotatable bonds is 10. The molecule has 0 aliphatic rings. The molecule has 0 aliphatic heterocycles. The number of hydrogen-bond acceptors (Lipinski definition) is 5. The highest BCUT2D eigenvalue weighted by Gasteiger charge is 2.21. The van der Waals surface area contributed by atoms with E-state index in [4.69, 9.17) is 15.2 Å². The molecule has 0 saturated carbocycles. The second-order valence-electron chi connectivity index (χ2n) is 4.32. The Morgan fingerprint density at radius 3 is 2.31 bits per heavy atom. The first-order valence-electron chi connectivity index (χ1n) is 5.68. The molecule has 0 spiro atoms. The Balaban J connectivity index is 3.98. The fraction of sp³-hybridized carbons (Fsp3) is 1.00. The summed E-state index contributed by atoms with van der Waals surface area (Å²) in [5, 5.41) is 9.91. The summed E-state index contributed by atoms with van der Waals surface area (Å²) in [4.78, 5) is 2.15. The molecule has 0 aliphatic carbocycles. The minimum atomic E-state index is -0.833. The lowest BCUT2D eigenvalue weighted by atomic mass is 10.1. The third-order valence-electron chi connectivity index (χ3n) is 2.44. The van der Waals surface area contributed by atoms with Gasteiger partial charge in [0.25, 0.3) is 0 Å². The average molecular weight is 234 g/mol. The molecule has 5 nitrogen and oxygen atoms in total. The van der Waals surface area contributed by atoms with E-state index in [1.165, 1.54) is 0 Å². The number of ether oxygens (including phenoxy) is 2. The van der Waals surface area contributed by atoms with Crippen molar-refractivity contribution in [3.63, 3.8) is 0 Å². The molecule has 0 radical (unpaired) electrons. The second kappa shape index (κ2) is 8.90. The van der Waals surface area contributed by atoms with Crippen molar-refractivity contribution in [1.29, 1.82) is 0 Å². The van der Waals surface area contributed by atoms with Crippen LogP contribution in [0.25, 0.3) is 0 Å². The molecule has 0 amide bonds. The maximum Gasteiger partial charge on any atom is 0.0867 e. The lowest BCUT2D eigenvalue weighted by molar-refractivity contribution is 0.0172. The molecule has 3 N–H and O–H groups in total. The maximum atomic E-state index is 9.91. The fourth-order valence-electron chi connectivity index (χ4n) is 1.47. The molecule has 0 saturated heterocycles. The first-order chi connectivity index (χ1) is 7.55. The molecule has 0 heterocycles. The maximum absolute atomic E-state index is 9.91. The summed E-state index contributed by atoms with van der Waals surface area (Å²) in [6.45, 7) is 5.66. The lowest BCUT2D eigenvalue weighted by Gasteiger charge is -2.30. The quantitative estimate of drug-likeness (QED) is 0.507. The van der Waals surface area contributed by atoms with Crippen molar-refractivity contribution in [2.24, 2.45) is 5.73 Å². The standard InChI is InChI=1S/C11H26N2O3/c1-11(14,9-12)10-13(6-8-16-3)5-4-7-15-2/h14H,4-10,12H2,1-3H3. The summed E-state index contributed by atoms with van der Waals surface area (Å²) in [6, 6.07) is 0. The first kappa shape index (κ1) is 15.8. The molecular weight excluding hydrogens is 208 g/mol. The van der Waals surface area contributed by atoms with E-state index >= 15 is 0 Å². The monoisotopic (exact) mass is 234 g/mol. The van der Waals surface area contributed by atoms with Gasteiger partial charge in [0.2, 0.25) is 0 Å². The number of methoxy groups -OCH3 is 2. The molecular formula is C11H26N2O3. The molecule has 5 heteroatoms. The SMILES string of the molecule is COCCCN(CCOC)CC(C)(O)CN. The van der Waals surface area contributed by atoms with Crippen LogP contribution >= 0.6 is 0 Å². The average Bonchev–Trinajstić information content (AvgIpc) is 2.25. The normalized spacial score (nSPS) is 15.4. The molecule has 0 rings (SSSR count). The third kappa shape index (κ3) is 8.01. The molecule has 1 atom stereocenters. The van der Waals surface area contributed by atoms with Crippen LogP contribution in [0, 0.1) is 0 Å². The third-order valence-corrected chi connectivity index (χ3v) is 2.44.